The molecule has 0 radical (unpaired) electrons. The first-order chi connectivity index (χ1) is 14.9. The summed E-state index contributed by atoms with van der Waals surface area (Å²) in [5, 5.41) is 9.94. The molecule has 2 heterocycles. The van der Waals surface area contributed by atoms with E-state index in [1.165, 1.54) is 4.90 Å². The van der Waals surface area contributed by atoms with E-state index in [0.717, 1.165) is 50.6 Å². The van der Waals surface area contributed by atoms with E-state index in [0.29, 0.717) is 19.4 Å². The van der Waals surface area contributed by atoms with Gasteiger partial charge < -0.3 is 14.7 Å². The normalized spacial score (nSPS) is 23.5. The first-order valence-electron chi connectivity index (χ1n) is 11.4. The number of likely N-dealkylation sites (tertiary alicyclic amines) is 1. The Morgan fingerprint density at radius 2 is 1.62 bits per heavy atom. The molecule has 0 spiro atoms. The molecule has 2 fully saturated rings. The number of imide groups is 1. The molecule has 0 bridgehead atoms. The Bertz CT molecular complexity index is 826. The van der Waals surface area contributed by atoms with Gasteiger partial charge in [-0.3, -0.25) is 19.4 Å². The lowest BCUT2D eigenvalue weighted by Gasteiger charge is -2.37. The number of rotatable bonds is 7. The minimum atomic E-state index is -0.134. The number of hydrogen-bond acceptors (Lipinski definition) is 6. The van der Waals surface area contributed by atoms with Crippen LogP contribution in [0.1, 0.15) is 33.1 Å². The van der Waals surface area contributed by atoms with Crippen LogP contribution in [-0.4, -0.2) is 72.1 Å². The zero-order valence-electron chi connectivity index (χ0n) is 18.9. The molecule has 2 atom stereocenters. The number of nitrogens with zero attached hydrogens (tertiary/aromatic N) is 3. The third kappa shape index (κ3) is 5.21. The van der Waals surface area contributed by atoms with Crippen molar-refractivity contribution >= 4 is 29.9 Å². The lowest BCUT2D eigenvalue weighted by atomic mass is 9.85. The zero-order chi connectivity index (χ0) is 22.0. The molecular formula is C24H34ClN3O4. The second-order valence-corrected chi connectivity index (χ2v) is 8.98. The maximum atomic E-state index is 12.6. The Labute approximate surface area is 196 Å². The number of phenols is 1. The van der Waals surface area contributed by atoms with Gasteiger partial charge in [-0.25, -0.2) is 0 Å². The fourth-order valence-electron chi connectivity index (χ4n) is 4.86. The van der Waals surface area contributed by atoms with Crippen LogP contribution >= 0.6 is 12.4 Å². The Hall–Kier alpha value is -2.25. The second-order valence-electron chi connectivity index (χ2n) is 8.98. The van der Waals surface area contributed by atoms with E-state index >= 15 is 0 Å². The molecule has 2 amide bonds. The highest BCUT2D eigenvalue weighted by atomic mass is 35.5. The van der Waals surface area contributed by atoms with Crippen molar-refractivity contribution in [3.63, 3.8) is 0 Å². The van der Waals surface area contributed by atoms with Crippen LogP contribution < -0.4 is 9.64 Å². The average Bonchev–Trinajstić information content (AvgIpc) is 3.00. The van der Waals surface area contributed by atoms with Gasteiger partial charge in [-0.15, -0.1) is 12.4 Å². The van der Waals surface area contributed by atoms with Crippen molar-refractivity contribution in [1.82, 2.24) is 9.80 Å². The summed E-state index contributed by atoms with van der Waals surface area (Å²) in [4.78, 5) is 31.3. The van der Waals surface area contributed by atoms with Crippen LogP contribution in [0, 0.1) is 11.8 Å². The van der Waals surface area contributed by atoms with Gasteiger partial charge in [-0.05, 0) is 51.8 Å². The SMILES string of the molecule is CC(C)Oc1ccc(O)cc1N1CCN(CCCN2C(=O)C3CC=CCC3C2=O)CC1.Cl. The van der Waals surface area contributed by atoms with Crippen molar-refractivity contribution in [1.29, 1.82) is 0 Å². The summed E-state index contributed by atoms with van der Waals surface area (Å²) in [5.41, 5.74) is 0.929. The van der Waals surface area contributed by atoms with Gasteiger partial charge in [0.2, 0.25) is 11.8 Å². The summed E-state index contributed by atoms with van der Waals surface area (Å²) in [6.07, 6.45) is 6.33. The molecule has 3 aliphatic rings. The first kappa shape index (κ1) is 24.4. The number of hydrogen-bond donors (Lipinski definition) is 1. The quantitative estimate of drug-likeness (QED) is 0.495. The van der Waals surface area contributed by atoms with Crippen molar-refractivity contribution in [2.75, 3.05) is 44.2 Å². The van der Waals surface area contributed by atoms with Gasteiger partial charge in [0.1, 0.15) is 11.5 Å². The summed E-state index contributed by atoms with van der Waals surface area (Å²) in [5.74, 6) is 0.806. The van der Waals surface area contributed by atoms with Crippen LogP contribution in [0.2, 0.25) is 0 Å². The van der Waals surface area contributed by atoms with Crippen LogP contribution in [0.5, 0.6) is 11.5 Å². The third-order valence-electron chi connectivity index (χ3n) is 6.47. The number of ether oxygens (including phenoxy) is 1. The van der Waals surface area contributed by atoms with Gasteiger partial charge in [-0.1, -0.05) is 12.2 Å². The lowest BCUT2D eigenvalue weighted by Crippen LogP contribution is -2.47. The van der Waals surface area contributed by atoms with E-state index in [-0.39, 0.29) is 47.9 Å². The number of phenolic OH excluding ortho intramolecular Hbond substituents is 1. The minimum Gasteiger partial charge on any atom is -0.508 e. The fourth-order valence-corrected chi connectivity index (χ4v) is 4.86. The molecule has 2 saturated heterocycles. The molecule has 2 unspecified atom stereocenters. The molecule has 176 valence electrons. The molecule has 1 N–H and O–H groups in total. The van der Waals surface area contributed by atoms with Crippen LogP contribution in [0.4, 0.5) is 5.69 Å². The van der Waals surface area contributed by atoms with Gasteiger partial charge in [0.05, 0.1) is 23.6 Å². The number of anilines is 1. The van der Waals surface area contributed by atoms with Crippen LogP contribution in [0.25, 0.3) is 0 Å². The first-order valence-corrected chi connectivity index (χ1v) is 11.4. The molecule has 8 heteroatoms. The number of carbonyl (C=O) groups excluding carboxylic acids is 2. The molecule has 4 rings (SSSR count). The van der Waals surface area contributed by atoms with Crippen molar-refractivity contribution in [2.45, 2.75) is 39.2 Å². The largest absolute Gasteiger partial charge is 0.508 e. The van der Waals surface area contributed by atoms with Gasteiger partial charge in [0.15, 0.2) is 0 Å². The van der Waals surface area contributed by atoms with Crippen LogP contribution in [0.3, 0.4) is 0 Å². The van der Waals surface area contributed by atoms with Crippen molar-refractivity contribution in [3.05, 3.63) is 30.4 Å². The fraction of sp³-hybridized carbons (Fsp3) is 0.583. The predicted octanol–water partition coefficient (Wildman–Crippen LogP) is 3.06. The second kappa shape index (κ2) is 10.6. The maximum Gasteiger partial charge on any atom is 0.233 e. The molecule has 0 saturated carbocycles. The van der Waals surface area contributed by atoms with Gasteiger partial charge in [0.25, 0.3) is 0 Å². The molecule has 1 aromatic carbocycles. The summed E-state index contributed by atoms with van der Waals surface area (Å²) in [6, 6.07) is 5.26. The summed E-state index contributed by atoms with van der Waals surface area (Å²) in [6.45, 7) is 8.86. The van der Waals surface area contributed by atoms with Crippen molar-refractivity contribution in [3.8, 4) is 11.5 Å². The number of benzene rings is 1. The number of piperazine rings is 1. The monoisotopic (exact) mass is 463 g/mol. The highest BCUT2D eigenvalue weighted by Gasteiger charge is 2.46. The van der Waals surface area contributed by atoms with Gasteiger partial charge in [0, 0.05) is 38.8 Å². The maximum absolute atomic E-state index is 12.6. The van der Waals surface area contributed by atoms with Gasteiger partial charge in [-0.2, -0.15) is 0 Å². The van der Waals surface area contributed by atoms with E-state index in [9.17, 15) is 14.7 Å². The van der Waals surface area contributed by atoms with E-state index in [1.54, 1.807) is 12.1 Å². The number of allylic oxidation sites excluding steroid dienone is 2. The number of carbonyl (C=O) groups is 2. The number of halogens is 1. The number of fused-ring (bicyclic) bond motifs is 1. The Morgan fingerprint density at radius 1 is 1.00 bits per heavy atom. The third-order valence-corrected chi connectivity index (χ3v) is 6.47. The highest BCUT2D eigenvalue weighted by molar-refractivity contribution is 6.05. The summed E-state index contributed by atoms with van der Waals surface area (Å²) in [7, 11) is 0. The molecule has 2 aliphatic heterocycles. The topological polar surface area (TPSA) is 73.3 Å². The molecule has 32 heavy (non-hydrogen) atoms. The molecule has 7 nitrogen and oxygen atoms in total. The Kier molecular flexibility index (Phi) is 8.06. The van der Waals surface area contributed by atoms with Crippen molar-refractivity contribution in [2.24, 2.45) is 11.8 Å². The van der Waals surface area contributed by atoms with E-state index in [2.05, 4.69) is 9.80 Å². The molecule has 1 aromatic rings. The lowest BCUT2D eigenvalue weighted by molar-refractivity contribution is -0.140. The molecular weight excluding hydrogens is 430 g/mol. The van der Waals surface area contributed by atoms with Crippen LogP contribution in [-0.2, 0) is 9.59 Å². The highest BCUT2D eigenvalue weighted by Crippen LogP contribution is 2.35. The number of amides is 2. The average molecular weight is 464 g/mol. The smallest absolute Gasteiger partial charge is 0.233 e. The van der Waals surface area contributed by atoms with Crippen LogP contribution in [0.15, 0.2) is 30.4 Å². The summed E-state index contributed by atoms with van der Waals surface area (Å²) < 4.78 is 5.92. The zero-order valence-corrected chi connectivity index (χ0v) is 19.7. The standard InChI is InChI=1S/C24H33N3O4.ClH/c1-17(2)31-22-9-8-18(28)16-21(22)26-14-12-25(13-15-26)10-5-11-27-23(29)19-6-3-4-7-20(19)24(27)30;/h3-4,8-9,16-17,19-20,28H,5-7,10-15H2,1-2H3;1H. The van der Waals surface area contributed by atoms with E-state index in [1.807, 2.05) is 32.1 Å². The van der Waals surface area contributed by atoms with Gasteiger partial charge >= 0.3 is 0 Å². The van der Waals surface area contributed by atoms with E-state index < -0.39 is 0 Å². The van der Waals surface area contributed by atoms with Crippen molar-refractivity contribution < 1.29 is 19.4 Å². The Morgan fingerprint density at radius 3 is 2.22 bits per heavy atom. The Balaban J connectivity index is 0.00000289. The van der Waals surface area contributed by atoms with E-state index in [4.69, 9.17) is 4.74 Å². The minimum absolute atomic E-state index is 0. The predicted molar refractivity (Wildman–Crippen MR) is 126 cm³/mol. The molecule has 1 aliphatic carbocycles. The summed E-state index contributed by atoms with van der Waals surface area (Å²) >= 11 is 0. The molecule has 0 aromatic heterocycles. The number of aromatic hydroxyl groups is 1.